The maximum absolute atomic E-state index is 12.5. The standard InChI is InChI=1S/C66H125NO5/c1-3-5-7-9-11-13-15-17-19-27-32-36-40-44-48-52-56-60-66(71)72-61-57-53-49-45-41-37-33-29-26-24-22-21-23-25-28-31-35-39-43-47-51-55-59-65(70)67-63(62-68)64(69)58-54-50-46-42-38-34-30-20-18-16-14-12-10-8-6-4-2/h17,19,23,25,54,58,63-64,68-69H,3-16,18,20-22,24,26-53,55-57,59-62H2,1-2H3,(H,67,70)/b19-17-,25-23-,58-54+. The van der Waals surface area contributed by atoms with Gasteiger partial charge in [0.2, 0.25) is 5.91 Å². The van der Waals surface area contributed by atoms with Crippen molar-refractivity contribution in [3.05, 3.63) is 36.5 Å². The lowest BCUT2D eigenvalue weighted by molar-refractivity contribution is -0.143. The van der Waals surface area contributed by atoms with Gasteiger partial charge in [0.1, 0.15) is 0 Å². The number of allylic oxidation sites excluding steroid dienone is 5. The van der Waals surface area contributed by atoms with Gasteiger partial charge in [0.05, 0.1) is 25.4 Å². The van der Waals surface area contributed by atoms with Crippen molar-refractivity contribution in [3.8, 4) is 0 Å². The first-order valence-electron chi connectivity index (χ1n) is 32.3. The van der Waals surface area contributed by atoms with Crippen LogP contribution in [0.15, 0.2) is 36.5 Å². The molecule has 424 valence electrons. The first kappa shape index (κ1) is 70.1. The summed E-state index contributed by atoms with van der Waals surface area (Å²) in [4.78, 5) is 24.6. The summed E-state index contributed by atoms with van der Waals surface area (Å²) in [5.74, 6) is -0.0672. The number of hydrogen-bond donors (Lipinski definition) is 3. The zero-order valence-electron chi connectivity index (χ0n) is 48.4. The first-order chi connectivity index (χ1) is 35.5. The molecule has 0 bridgehead atoms. The van der Waals surface area contributed by atoms with Crippen molar-refractivity contribution in [3.63, 3.8) is 0 Å². The van der Waals surface area contributed by atoms with Crippen LogP contribution >= 0.6 is 0 Å². The van der Waals surface area contributed by atoms with E-state index in [1.807, 2.05) is 6.08 Å². The second-order valence-corrected chi connectivity index (χ2v) is 22.1. The molecule has 0 aromatic rings. The van der Waals surface area contributed by atoms with Gasteiger partial charge in [-0.05, 0) is 83.5 Å². The van der Waals surface area contributed by atoms with E-state index in [1.165, 1.54) is 270 Å². The summed E-state index contributed by atoms with van der Waals surface area (Å²) in [5.41, 5.74) is 0. The number of carbonyl (C=O) groups is 2. The van der Waals surface area contributed by atoms with Gasteiger partial charge in [-0.2, -0.15) is 0 Å². The van der Waals surface area contributed by atoms with E-state index in [-0.39, 0.29) is 18.5 Å². The van der Waals surface area contributed by atoms with Gasteiger partial charge in [-0.15, -0.1) is 0 Å². The van der Waals surface area contributed by atoms with E-state index in [2.05, 4.69) is 43.5 Å². The van der Waals surface area contributed by atoms with Crippen LogP contribution in [-0.4, -0.2) is 47.4 Å². The summed E-state index contributed by atoms with van der Waals surface area (Å²) in [6, 6.07) is -0.633. The fourth-order valence-electron chi connectivity index (χ4n) is 9.92. The zero-order valence-corrected chi connectivity index (χ0v) is 48.4. The van der Waals surface area contributed by atoms with Gasteiger partial charge in [-0.25, -0.2) is 0 Å². The van der Waals surface area contributed by atoms with Crippen molar-refractivity contribution in [2.45, 2.75) is 360 Å². The number of amides is 1. The van der Waals surface area contributed by atoms with Crippen LogP contribution in [0.25, 0.3) is 0 Å². The molecule has 0 radical (unpaired) electrons. The minimum Gasteiger partial charge on any atom is -0.466 e. The van der Waals surface area contributed by atoms with E-state index in [1.54, 1.807) is 6.08 Å². The summed E-state index contributed by atoms with van der Waals surface area (Å²) in [6.45, 7) is 4.91. The number of nitrogens with one attached hydrogen (secondary N) is 1. The molecule has 0 spiro atoms. The van der Waals surface area contributed by atoms with Gasteiger partial charge >= 0.3 is 5.97 Å². The molecule has 0 saturated heterocycles. The Hall–Kier alpha value is -1.92. The number of hydrogen-bond acceptors (Lipinski definition) is 5. The average molecular weight is 1010 g/mol. The van der Waals surface area contributed by atoms with E-state index in [0.29, 0.717) is 19.4 Å². The molecule has 6 nitrogen and oxygen atoms in total. The molecule has 0 saturated carbocycles. The van der Waals surface area contributed by atoms with Crippen LogP contribution in [0, 0.1) is 0 Å². The van der Waals surface area contributed by atoms with Gasteiger partial charge in [0.15, 0.2) is 0 Å². The van der Waals surface area contributed by atoms with Crippen molar-refractivity contribution in [1.82, 2.24) is 5.32 Å². The van der Waals surface area contributed by atoms with Crippen LogP contribution in [0.1, 0.15) is 348 Å². The predicted molar refractivity (Wildman–Crippen MR) is 315 cm³/mol. The van der Waals surface area contributed by atoms with Crippen molar-refractivity contribution < 1.29 is 24.5 Å². The van der Waals surface area contributed by atoms with Crippen molar-refractivity contribution in [2.75, 3.05) is 13.2 Å². The fourth-order valence-corrected chi connectivity index (χ4v) is 9.92. The summed E-state index contributed by atoms with van der Waals surface area (Å²) >= 11 is 0. The van der Waals surface area contributed by atoms with Crippen molar-refractivity contribution >= 4 is 11.9 Å². The highest BCUT2D eigenvalue weighted by Gasteiger charge is 2.18. The van der Waals surface area contributed by atoms with Gasteiger partial charge in [0.25, 0.3) is 0 Å². The summed E-state index contributed by atoms with van der Waals surface area (Å²) in [5, 5.41) is 23.1. The number of rotatable bonds is 60. The first-order valence-corrected chi connectivity index (χ1v) is 32.3. The Morgan fingerprint density at radius 2 is 0.653 bits per heavy atom. The summed E-state index contributed by atoms with van der Waals surface area (Å²) in [6.07, 6.45) is 77.6. The van der Waals surface area contributed by atoms with Crippen molar-refractivity contribution in [2.24, 2.45) is 0 Å². The molecule has 0 fully saturated rings. The average Bonchev–Trinajstić information content (AvgIpc) is 3.38. The highest BCUT2D eigenvalue weighted by Crippen LogP contribution is 2.17. The molecular weight excluding hydrogens is 887 g/mol. The number of aliphatic hydroxyl groups excluding tert-OH is 2. The largest absolute Gasteiger partial charge is 0.466 e. The number of unbranched alkanes of at least 4 members (excludes halogenated alkanes) is 45. The molecule has 0 aliphatic carbocycles. The van der Waals surface area contributed by atoms with E-state index in [4.69, 9.17) is 4.74 Å². The number of aliphatic hydroxyl groups is 2. The van der Waals surface area contributed by atoms with Crippen LogP contribution in [0.4, 0.5) is 0 Å². The molecule has 0 aliphatic rings. The van der Waals surface area contributed by atoms with Gasteiger partial charge in [-0.3, -0.25) is 9.59 Å². The lowest BCUT2D eigenvalue weighted by Gasteiger charge is -2.20. The van der Waals surface area contributed by atoms with E-state index in [0.717, 1.165) is 51.4 Å². The lowest BCUT2D eigenvalue weighted by atomic mass is 10.0. The van der Waals surface area contributed by atoms with E-state index in [9.17, 15) is 19.8 Å². The molecule has 0 aromatic carbocycles. The molecule has 2 atom stereocenters. The van der Waals surface area contributed by atoms with Crippen LogP contribution in [0.5, 0.6) is 0 Å². The predicted octanol–water partition coefficient (Wildman–Crippen LogP) is 20.4. The minimum absolute atomic E-state index is 0.00623. The molecule has 1 amide bonds. The SMILES string of the molecule is CCCCCCCC/C=C\CCCCCCCCCC(=O)OCCCCCCCCCCCCC/C=C\CCCCCCCCCC(=O)NC(CO)C(O)/C=C/CCCCCCCCCCCCCCCC. The molecule has 3 N–H and O–H groups in total. The second-order valence-electron chi connectivity index (χ2n) is 22.1. The third-order valence-corrected chi connectivity index (χ3v) is 14.9. The Kier molecular flexibility index (Phi) is 60.0. The van der Waals surface area contributed by atoms with Gasteiger partial charge < -0.3 is 20.3 Å². The molecule has 2 unspecified atom stereocenters. The van der Waals surface area contributed by atoms with Crippen LogP contribution in [-0.2, 0) is 14.3 Å². The fraction of sp³-hybridized carbons (Fsp3) is 0.879. The highest BCUT2D eigenvalue weighted by molar-refractivity contribution is 5.76. The van der Waals surface area contributed by atoms with Gasteiger partial charge in [0, 0.05) is 12.8 Å². The maximum atomic E-state index is 12.5. The monoisotopic (exact) mass is 1010 g/mol. The third-order valence-electron chi connectivity index (χ3n) is 14.9. The topological polar surface area (TPSA) is 95.9 Å². The molecular formula is C66H125NO5. The quantitative estimate of drug-likeness (QED) is 0.0320. The molecule has 0 heterocycles. The molecule has 72 heavy (non-hydrogen) atoms. The van der Waals surface area contributed by atoms with Crippen LogP contribution in [0.2, 0.25) is 0 Å². The minimum atomic E-state index is -0.849. The number of esters is 1. The number of ether oxygens (including phenoxy) is 1. The van der Waals surface area contributed by atoms with E-state index < -0.39 is 12.1 Å². The molecule has 0 aliphatic heterocycles. The summed E-state index contributed by atoms with van der Waals surface area (Å²) < 4.78 is 5.49. The highest BCUT2D eigenvalue weighted by atomic mass is 16.5. The molecule has 0 aromatic heterocycles. The van der Waals surface area contributed by atoms with Crippen molar-refractivity contribution in [1.29, 1.82) is 0 Å². The number of carbonyl (C=O) groups excluding carboxylic acids is 2. The summed E-state index contributed by atoms with van der Waals surface area (Å²) in [7, 11) is 0. The maximum Gasteiger partial charge on any atom is 0.305 e. The van der Waals surface area contributed by atoms with E-state index >= 15 is 0 Å². The second kappa shape index (κ2) is 61.6. The molecule has 6 heteroatoms. The smallest absolute Gasteiger partial charge is 0.305 e. The molecule has 0 rings (SSSR count). The Balaban J connectivity index is 3.43. The van der Waals surface area contributed by atoms with Crippen LogP contribution < -0.4 is 5.32 Å². The Morgan fingerprint density at radius 1 is 0.375 bits per heavy atom. The zero-order chi connectivity index (χ0) is 52.2. The van der Waals surface area contributed by atoms with Gasteiger partial charge in [-0.1, -0.05) is 288 Å². The van der Waals surface area contributed by atoms with Crippen LogP contribution in [0.3, 0.4) is 0 Å². The Labute approximate surface area is 449 Å². The Morgan fingerprint density at radius 3 is 0.986 bits per heavy atom. The normalized spacial score (nSPS) is 12.8. The lowest BCUT2D eigenvalue weighted by Crippen LogP contribution is -2.45. The Bertz CT molecular complexity index is 1170. The third kappa shape index (κ3) is 57.4.